The molecule has 0 radical (unpaired) electrons. The molecule has 0 bridgehead atoms. The fourth-order valence-electron chi connectivity index (χ4n) is 3.68. The van der Waals surface area contributed by atoms with Crippen molar-refractivity contribution in [3.8, 4) is 5.75 Å². The van der Waals surface area contributed by atoms with E-state index in [0.29, 0.717) is 17.8 Å². The Kier molecular flexibility index (Phi) is 5.48. The van der Waals surface area contributed by atoms with Gasteiger partial charge in [-0.2, -0.15) is 0 Å². The molecule has 0 aliphatic carbocycles. The van der Waals surface area contributed by atoms with Crippen molar-refractivity contribution in [2.45, 2.75) is 25.9 Å². The van der Waals surface area contributed by atoms with Crippen LogP contribution in [0.3, 0.4) is 0 Å². The minimum atomic E-state index is -0.443. The molecule has 6 heteroatoms. The molecule has 2 heterocycles. The van der Waals surface area contributed by atoms with Crippen molar-refractivity contribution in [1.29, 1.82) is 0 Å². The molecular weight excluding hydrogens is 378 g/mol. The third-order valence-electron chi connectivity index (χ3n) is 5.23. The molecule has 152 valence electrons. The minimum absolute atomic E-state index is 0.132. The van der Waals surface area contributed by atoms with Crippen molar-refractivity contribution in [3.05, 3.63) is 89.2 Å². The van der Waals surface area contributed by atoms with Crippen molar-refractivity contribution < 1.29 is 14.3 Å². The minimum Gasteiger partial charge on any atom is -0.497 e. The molecule has 2 amide bonds. The lowest BCUT2D eigenvalue weighted by Crippen LogP contribution is -2.33. The molecule has 0 saturated heterocycles. The number of carbonyl (C=O) groups is 2. The number of hydrogen-bond acceptors (Lipinski definition) is 4. The zero-order valence-corrected chi connectivity index (χ0v) is 17.0. The fraction of sp³-hybridized carbons (Fsp3) is 0.208. The lowest BCUT2D eigenvalue weighted by atomic mass is 10.1. The number of fused-ring (bicyclic) bond motifs is 1. The standard InChI is InChI=1S/C24H23N3O3/c1-16-8-10-18(11-9-16)27-21(23-20(24(27)29)7-4-12-25-23)14-22(28)26-15-17-5-3-6-19(13-17)30-2/h3-13,21H,14-15H2,1-2H3,(H,26,28)/t21-/m1/s1. The average molecular weight is 401 g/mol. The number of rotatable bonds is 6. The number of amides is 2. The molecule has 30 heavy (non-hydrogen) atoms. The van der Waals surface area contributed by atoms with Gasteiger partial charge in [0.15, 0.2) is 0 Å². The summed E-state index contributed by atoms with van der Waals surface area (Å²) in [5.74, 6) is 0.464. The normalized spacial score (nSPS) is 15.1. The second-order valence-corrected chi connectivity index (χ2v) is 7.30. The first kappa shape index (κ1) is 19.6. The predicted molar refractivity (Wildman–Crippen MR) is 114 cm³/mol. The Labute approximate surface area is 175 Å². The van der Waals surface area contributed by atoms with Gasteiger partial charge in [-0.05, 0) is 48.9 Å². The van der Waals surface area contributed by atoms with Gasteiger partial charge in [0.2, 0.25) is 5.91 Å². The maximum Gasteiger partial charge on any atom is 0.260 e. The molecule has 3 aromatic rings. The van der Waals surface area contributed by atoms with Crippen LogP contribution >= 0.6 is 0 Å². The summed E-state index contributed by atoms with van der Waals surface area (Å²) < 4.78 is 5.23. The molecule has 1 aliphatic rings. The Morgan fingerprint density at radius 1 is 1.13 bits per heavy atom. The monoisotopic (exact) mass is 401 g/mol. The topological polar surface area (TPSA) is 71.5 Å². The molecule has 1 aromatic heterocycles. The van der Waals surface area contributed by atoms with Crippen LogP contribution in [0.25, 0.3) is 0 Å². The largest absolute Gasteiger partial charge is 0.497 e. The van der Waals surface area contributed by atoms with Crippen LogP contribution in [0, 0.1) is 6.92 Å². The van der Waals surface area contributed by atoms with Crippen LogP contribution < -0.4 is 15.0 Å². The lowest BCUT2D eigenvalue weighted by molar-refractivity contribution is -0.121. The number of hydrogen-bond donors (Lipinski definition) is 1. The number of aromatic nitrogens is 1. The molecule has 6 nitrogen and oxygen atoms in total. The average Bonchev–Trinajstić information content (AvgIpc) is 3.05. The Morgan fingerprint density at radius 3 is 2.70 bits per heavy atom. The zero-order valence-electron chi connectivity index (χ0n) is 17.0. The first-order valence-electron chi connectivity index (χ1n) is 9.81. The van der Waals surface area contributed by atoms with Crippen molar-refractivity contribution in [3.63, 3.8) is 0 Å². The van der Waals surface area contributed by atoms with Crippen molar-refractivity contribution in [2.24, 2.45) is 0 Å². The van der Waals surface area contributed by atoms with Crippen molar-refractivity contribution in [2.75, 3.05) is 12.0 Å². The van der Waals surface area contributed by atoms with Crippen molar-refractivity contribution >= 4 is 17.5 Å². The molecule has 0 fully saturated rings. The molecular formula is C24H23N3O3. The van der Waals surface area contributed by atoms with E-state index in [1.54, 1.807) is 30.3 Å². The number of methoxy groups -OCH3 is 1. The van der Waals surface area contributed by atoms with Gasteiger partial charge in [-0.1, -0.05) is 29.8 Å². The maximum atomic E-state index is 13.1. The number of pyridine rings is 1. The van der Waals surface area contributed by atoms with Gasteiger partial charge in [0.25, 0.3) is 5.91 Å². The molecule has 1 aliphatic heterocycles. The summed E-state index contributed by atoms with van der Waals surface area (Å²) in [6.07, 6.45) is 1.79. The number of ether oxygens (including phenoxy) is 1. The molecule has 0 unspecified atom stereocenters. The van der Waals surface area contributed by atoms with Crippen LogP contribution in [0.4, 0.5) is 5.69 Å². The van der Waals surface area contributed by atoms with E-state index in [9.17, 15) is 9.59 Å². The van der Waals surface area contributed by atoms with Gasteiger partial charge >= 0.3 is 0 Å². The van der Waals surface area contributed by atoms with Gasteiger partial charge in [0, 0.05) is 18.4 Å². The van der Waals surface area contributed by atoms with Crippen LogP contribution in [0.2, 0.25) is 0 Å². The first-order chi connectivity index (χ1) is 14.6. The van der Waals surface area contributed by atoms with Gasteiger partial charge in [0.05, 0.1) is 30.8 Å². The molecule has 1 atom stereocenters. The van der Waals surface area contributed by atoms with Crippen LogP contribution in [0.1, 0.15) is 39.6 Å². The van der Waals surface area contributed by atoms with Gasteiger partial charge in [-0.25, -0.2) is 0 Å². The molecule has 1 N–H and O–H groups in total. The highest BCUT2D eigenvalue weighted by molar-refractivity contribution is 6.11. The van der Waals surface area contributed by atoms with E-state index in [1.165, 1.54) is 0 Å². The molecule has 4 rings (SSSR count). The fourth-order valence-corrected chi connectivity index (χ4v) is 3.68. The summed E-state index contributed by atoms with van der Waals surface area (Å²) >= 11 is 0. The Morgan fingerprint density at radius 2 is 1.93 bits per heavy atom. The number of carbonyl (C=O) groups excluding carboxylic acids is 2. The van der Waals surface area contributed by atoms with E-state index in [1.807, 2.05) is 55.5 Å². The molecule has 2 aromatic carbocycles. The third-order valence-corrected chi connectivity index (χ3v) is 5.23. The number of anilines is 1. The number of nitrogens with zero attached hydrogens (tertiary/aromatic N) is 2. The summed E-state index contributed by atoms with van der Waals surface area (Å²) in [7, 11) is 1.61. The van der Waals surface area contributed by atoms with Gasteiger partial charge < -0.3 is 10.1 Å². The van der Waals surface area contributed by atoms with E-state index in [-0.39, 0.29) is 18.2 Å². The highest BCUT2D eigenvalue weighted by atomic mass is 16.5. The van der Waals surface area contributed by atoms with E-state index >= 15 is 0 Å². The SMILES string of the molecule is COc1cccc(CNC(=O)C[C@@H]2c3ncccc3C(=O)N2c2ccc(C)cc2)c1. The maximum absolute atomic E-state index is 13.1. The number of aryl methyl sites for hydroxylation is 1. The quantitative estimate of drug-likeness (QED) is 0.682. The van der Waals surface area contributed by atoms with Crippen LogP contribution in [0.15, 0.2) is 66.9 Å². The second-order valence-electron chi connectivity index (χ2n) is 7.30. The van der Waals surface area contributed by atoms with E-state index < -0.39 is 6.04 Å². The number of benzene rings is 2. The van der Waals surface area contributed by atoms with E-state index in [2.05, 4.69) is 10.3 Å². The highest BCUT2D eigenvalue weighted by Crippen LogP contribution is 2.38. The van der Waals surface area contributed by atoms with Gasteiger partial charge in [-0.15, -0.1) is 0 Å². The van der Waals surface area contributed by atoms with Crippen LogP contribution in [0.5, 0.6) is 5.75 Å². The summed E-state index contributed by atoms with van der Waals surface area (Å²) in [4.78, 5) is 31.9. The zero-order chi connectivity index (χ0) is 21.1. The summed E-state index contributed by atoms with van der Waals surface area (Å²) in [5, 5.41) is 2.94. The Hall–Kier alpha value is -3.67. The highest BCUT2D eigenvalue weighted by Gasteiger charge is 2.39. The van der Waals surface area contributed by atoms with E-state index in [4.69, 9.17) is 4.74 Å². The Bertz CT molecular complexity index is 1080. The molecule has 0 saturated carbocycles. The Balaban J connectivity index is 1.54. The van der Waals surface area contributed by atoms with Crippen LogP contribution in [-0.4, -0.2) is 23.9 Å². The summed E-state index contributed by atoms with van der Waals surface area (Å²) in [6.45, 7) is 2.38. The van der Waals surface area contributed by atoms with Crippen LogP contribution in [-0.2, 0) is 11.3 Å². The van der Waals surface area contributed by atoms with Gasteiger partial charge in [-0.3, -0.25) is 19.5 Å². The predicted octanol–water partition coefficient (Wildman–Crippen LogP) is 3.81. The lowest BCUT2D eigenvalue weighted by Gasteiger charge is -2.24. The van der Waals surface area contributed by atoms with Gasteiger partial charge in [0.1, 0.15) is 5.75 Å². The van der Waals surface area contributed by atoms with E-state index in [0.717, 1.165) is 22.6 Å². The first-order valence-corrected chi connectivity index (χ1v) is 9.81. The molecule has 0 spiro atoms. The number of nitrogens with one attached hydrogen (secondary N) is 1. The summed E-state index contributed by atoms with van der Waals surface area (Å²) in [5.41, 5.74) is 3.99. The summed E-state index contributed by atoms with van der Waals surface area (Å²) in [6, 6.07) is 18.3. The third kappa shape index (κ3) is 3.89. The smallest absolute Gasteiger partial charge is 0.260 e. The van der Waals surface area contributed by atoms with Crippen molar-refractivity contribution in [1.82, 2.24) is 10.3 Å². The second kappa shape index (κ2) is 8.37.